The quantitative estimate of drug-likeness (QED) is 0.106. The number of aromatic nitrogens is 4. The minimum atomic E-state index is -1.80. The molecule has 3 N–H and O–H groups in total. The average molecular weight is 732 g/mol. The fourth-order valence-corrected chi connectivity index (χ4v) is 7.51. The Kier molecular flexibility index (Phi) is 10.7. The first-order valence-electron chi connectivity index (χ1n) is 17.4. The van der Waals surface area contributed by atoms with Gasteiger partial charge in [-0.05, 0) is 53.1 Å². The van der Waals surface area contributed by atoms with Gasteiger partial charge in [-0.3, -0.25) is 9.36 Å². The Morgan fingerprint density at radius 2 is 1.41 bits per heavy atom. The Balaban J connectivity index is 1.59. The zero-order chi connectivity index (χ0) is 37.7. The van der Waals surface area contributed by atoms with E-state index >= 15 is 0 Å². The highest BCUT2D eigenvalue weighted by atomic mass is 16.6. The van der Waals surface area contributed by atoms with Crippen LogP contribution in [0.5, 0.6) is 11.5 Å². The summed E-state index contributed by atoms with van der Waals surface area (Å²) in [5.41, 5.74) is -0.0558. The van der Waals surface area contributed by atoms with Crippen LogP contribution in [0.3, 0.4) is 0 Å². The molecule has 13 heteroatoms. The summed E-state index contributed by atoms with van der Waals surface area (Å²) >= 11 is 0. The molecule has 2 aromatic heterocycles. The zero-order valence-electron chi connectivity index (χ0n) is 30.0. The third-order valence-electron chi connectivity index (χ3n) is 9.92. The summed E-state index contributed by atoms with van der Waals surface area (Å²) in [4.78, 5) is 27.3. The summed E-state index contributed by atoms with van der Waals surface area (Å²) in [5.74, 6) is 1.02. The monoisotopic (exact) mass is 731 g/mol. The van der Waals surface area contributed by atoms with Crippen molar-refractivity contribution >= 4 is 22.9 Å². The number of hydrogen-bond acceptors (Lipinski definition) is 11. The summed E-state index contributed by atoms with van der Waals surface area (Å²) in [6, 6.07) is 33.6. The lowest BCUT2D eigenvalue weighted by Gasteiger charge is -2.52. The summed E-state index contributed by atoms with van der Waals surface area (Å²) < 4.78 is 32.2. The van der Waals surface area contributed by atoms with Gasteiger partial charge in [0.15, 0.2) is 22.7 Å². The number of nitrogens with zero attached hydrogens (tertiary/aromatic N) is 4. The molecule has 1 saturated heterocycles. The van der Waals surface area contributed by atoms with E-state index in [0.29, 0.717) is 17.1 Å². The first-order valence-corrected chi connectivity index (χ1v) is 17.4. The molecule has 6 aromatic rings. The van der Waals surface area contributed by atoms with E-state index in [2.05, 4.69) is 10.3 Å². The minimum Gasteiger partial charge on any atom is -0.497 e. The Labute approximate surface area is 312 Å². The van der Waals surface area contributed by atoms with Crippen LogP contribution in [0.1, 0.15) is 27.0 Å². The molecular formula is C41H41N5O8. The van der Waals surface area contributed by atoms with Gasteiger partial charge >= 0.3 is 0 Å². The van der Waals surface area contributed by atoms with Crippen molar-refractivity contribution in [1.29, 1.82) is 0 Å². The number of hydrogen-bond donors (Lipinski definition) is 3. The van der Waals surface area contributed by atoms with Crippen molar-refractivity contribution in [3.05, 3.63) is 144 Å². The van der Waals surface area contributed by atoms with Gasteiger partial charge in [-0.2, -0.15) is 0 Å². The maximum absolute atomic E-state index is 13.4. The second-order valence-electron chi connectivity index (χ2n) is 12.7. The molecular weight excluding hydrogens is 690 g/mol. The SMILES string of the molecule is COCCO[C@@H]1[C@H](O)[C@@H](CO)O[C@]1(n1cnc2c(NC(=O)c3ccccc3)ncnc21)C(c1ccccc1)(c1ccc(OC)cc1)c1ccc(OC)cc1. The normalized spacial score (nSPS) is 19.8. The van der Waals surface area contributed by atoms with Crippen LogP contribution in [-0.4, -0.2) is 95.1 Å². The number of aliphatic hydroxyl groups excluding tert-OH is 2. The molecule has 0 bridgehead atoms. The molecule has 54 heavy (non-hydrogen) atoms. The summed E-state index contributed by atoms with van der Waals surface area (Å²) in [5, 5.41) is 25.9. The number of nitrogens with one attached hydrogen (secondary N) is 1. The molecule has 0 saturated carbocycles. The van der Waals surface area contributed by atoms with Gasteiger partial charge in [0.25, 0.3) is 5.91 Å². The lowest BCUT2D eigenvalue weighted by atomic mass is 9.60. The summed E-state index contributed by atoms with van der Waals surface area (Å²) in [6.45, 7) is -0.268. The van der Waals surface area contributed by atoms with E-state index in [0.717, 1.165) is 16.7 Å². The molecule has 4 atom stereocenters. The highest BCUT2D eigenvalue weighted by Gasteiger charge is 2.69. The molecule has 1 fully saturated rings. The zero-order valence-corrected chi connectivity index (χ0v) is 30.0. The number of imidazole rings is 1. The number of carbonyl (C=O) groups is 1. The van der Waals surface area contributed by atoms with Crippen molar-refractivity contribution in [3.63, 3.8) is 0 Å². The highest BCUT2D eigenvalue weighted by molar-refractivity contribution is 6.06. The van der Waals surface area contributed by atoms with Crippen molar-refractivity contribution in [1.82, 2.24) is 19.5 Å². The fraction of sp³-hybridized carbons (Fsp3) is 0.268. The third-order valence-corrected chi connectivity index (χ3v) is 9.92. The molecule has 7 rings (SSSR count). The van der Waals surface area contributed by atoms with E-state index in [1.807, 2.05) is 84.9 Å². The van der Waals surface area contributed by atoms with Crippen LogP contribution in [0.2, 0.25) is 0 Å². The Morgan fingerprint density at radius 3 is 1.98 bits per heavy atom. The van der Waals surface area contributed by atoms with Crippen molar-refractivity contribution in [2.75, 3.05) is 46.5 Å². The molecule has 0 unspecified atom stereocenters. The van der Waals surface area contributed by atoms with Crippen LogP contribution in [0.15, 0.2) is 122 Å². The van der Waals surface area contributed by atoms with Gasteiger partial charge < -0.3 is 39.2 Å². The first kappa shape index (κ1) is 36.6. The number of anilines is 1. The van der Waals surface area contributed by atoms with Crippen LogP contribution in [0.25, 0.3) is 11.2 Å². The van der Waals surface area contributed by atoms with E-state index in [-0.39, 0.29) is 36.1 Å². The predicted octanol–water partition coefficient (Wildman–Crippen LogP) is 4.57. The maximum Gasteiger partial charge on any atom is 0.256 e. The van der Waals surface area contributed by atoms with Crippen molar-refractivity contribution < 1.29 is 38.7 Å². The lowest BCUT2D eigenvalue weighted by Crippen LogP contribution is -2.62. The number of benzene rings is 4. The van der Waals surface area contributed by atoms with Crippen molar-refractivity contribution in [3.8, 4) is 11.5 Å². The van der Waals surface area contributed by atoms with Crippen molar-refractivity contribution in [2.45, 2.75) is 29.5 Å². The van der Waals surface area contributed by atoms with Gasteiger partial charge in [0.1, 0.15) is 36.1 Å². The second kappa shape index (κ2) is 15.7. The fourth-order valence-electron chi connectivity index (χ4n) is 7.51. The number of aliphatic hydroxyl groups is 2. The molecule has 4 aromatic carbocycles. The molecule has 1 aliphatic rings. The van der Waals surface area contributed by atoms with E-state index in [9.17, 15) is 15.0 Å². The molecule has 0 aliphatic carbocycles. The number of carbonyl (C=O) groups excluding carboxylic acids is 1. The van der Waals surface area contributed by atoms with Crippen LogP contribution in [0.4, 0.5) is 5.82 Å². The number of rotatable bonds is 14. The topological polar surface area (TPSA) is 159 Å². The number of fused-ring (bicyclic) bond motifs is 1. The van der Waals surface area contributed by atoms with Gasteiger partial charge in [-0.15, -0.1) is 0 Å². The summed E-state index contributed by atoms with van der Waals surface area (Å²) in [7, 11) is 4.75. The van der Waals surface area contributed by atoms with E-state index in [1.54, 1.807) is 56.5 Å². The van der Waals surface area contributed by atoms with Crippen LogP contribution >= 0.6 is 0 Å². The van der Waals surface area contributed by atoms with Gasteiger partial charge in [0, 0.05) is 12.7 Å². The lowest BCUT2D eigenvalue weighted by molar-refractivity contribution is -0.190. The Morgan fingerprint density at radius 1 is 0.815 bits per heavy atom. The standard InChI is InChI=1S/C41H41N5O8/c1-50-22-23-53-36-35(48)33(24-47)54-41(36,46-26-44-34-37(42-25-43-38(34)46)45-39(49)27-10-6-4-7-11-27)40(28-12-8-5-9-13-28,29-14-18-31(51-2)19-15-29)30-16-20-32(52-3)21-17-30/h4-21,25-26,33,35-36,47-48H,22-24H2,1-3H3,(H,42,43,45,49)/t33-,35-,36-,41+/m1/s1. The Hall–Kier alpha value is -5.70. The van der Waals surface area contributed by atoms with Crippen LogP contribution in [-0.2, 0) is 25.4 Å². The van der Waals surface area contributed by atoms with Gasteiger partial charge in [-0.1, -0.05) is 72.8 Å². The molecule has 3 heterocycles. The van der Waals surface area contributed by atoms with Crippen LogP contribution < -0.4 is 14.8 Å². The predicted molar refractivity (Wildman–Crippen MR) is 200 cm³/mol. The molecule has 13 nitrogen and oxygen atoms in total. The second-order valence-corrected chi connectivity index (χ2v) is 12.7. The molecule has 1 amide bonds. The van der Waals surface area contributed by atoms with Gasteiger partial charge in [0.2, 0.25) is 0 Å². The van der Waals surface area contributed by atoms with E-state index in [4.69, 9.17) is 33.7 Å². The van der Waals surface area contributed by atoms with Crippen LogP contribution in [0, 0.1) is 0 Å². The third kappa shape index (κ3) is 6.15. The number of amides is 1. The molecule has 278 valence electrons. The highest BCUT2D eigenvalue weighted by Crippen LogP contribution is 2.58. The average Bonchev–Trinajstić information content (AvgIpc) is 3.79. The molecule has 1 aliphatic heterocycles. The number of methoxy groups -OCH3 is 3. The summed E-state index contributed by atoms with van der Waals surface area (Å²) in [6.07, 6.45) is -0.808. The maximum atomic E-state index is 13.4. The van der Waals surface area contributed by atoms with E-state index < -0.39 is 36.1 Å². The van der Waals surface area contributed by atoms with Crippen molar-refractivity contribution in [2.24, 2.45) is 0 Å². The number of ether oxygens (including phenoxy) is 5. The smallest absolute Gasteiger partial charge is 0.256 e. The first-order chi connectivity index (χ1) is 26.4. The molecule has 0 spiro atoms. The minimum absolute atomic E-state index is 0.0670. The van der Waals surface area contributed by atoms with E-state index in [1.165, 1.54) is 6.33 Å². The molecule has 0 radical (unpaired) electrons. The van der Waals surface area contributed by atoms with Gasteiger partial charge in [-0.25, -0.2) is 15.0 Å². The Bertz CT molecular complexity index is 2120. The van der Waals surface area contributed by atoms with Gasteiger partial charge in [0.05, 0.1) is 45.8 Å². The largest absolute Gasteiger partial charge is 0.497 e.